The molecule has 0 saturated heterocycles. The minimum atomic E-state index is -0.661. The fourth-order valence-electron chi connectivity index (χ4n) is 12.1. The highest BCUT2D eigenvalue weighted by Gasteiger charge is 2.20. The van der Waals surface area contributed by atoms with E-state index in [1.165, 1.54) is 360 Å². The van der Waals surface area contributed by atoms with E-state index in [2.05, 4.69) is 19.2 Å². The lowest BCUT2D eigenvalue weighted by molar-refractivity contribution is -0.143. The Hall–Kier alpha value is -1.14. The molecule has 6 nitrogen and oxygen atoms in total. The summed E-state index contributed by atoms with van der Waals surface area (Å²) >= 11 is 0. The van der Waals surface area contributed by atoms with Crippen LogP contribution in [0.1, 0.15) is 431 Å². The molecule has 0 aliphatic carbocycles. The summed E-state index contributed by atoms with van der Waals surface area (Å²) in [4.78, 5) is 24.6. The summed E-state index contributed by atoms with van der Waals surface area (Å²) in [6.45, 7) is 5.01. The van der Waals surface area contributed by atoms with Crippen LogP contribution in [0.3, 0.4) is 0 Å². The van der Waals surface area contributed by atoms with Crippen LogP contribution in [0.25, 0.3) is 0 Å². The van der Waals surface area contributed by atoms with Gasteiger partial charge in [0.1, 0.15) is 0 Å². The molecule has 2 unspecified atom stereocenters. The van der Waals surface area contributed by atoms with Crippen molar-refractivity contribution in [1.29, 1.82) is 0 Å². The maximum atomic E-state index is 12.5. The number of aliphatic hydroxyl groups is 2. The second-order valence-corrected chi connectivity index (χ2v) is 25.6. The molecule has 0 spiro atoms. The van der Waals surface area contributed by atoms with E-state index in [0.717, 1.165) is 38.5 Å². The molecule has 79 heavy (non-hydrogen) atoms. The molecule has 1 amide bonds. The number of nitrogens with one attached hydrogen (secondary N) is 1. The third-order valence-electron chi connectivity index (χ3n) is 17.7. The molecular weight excluding hydrogens is 971 g/mol. The van der Waals surface area contributed by atoms with E-state index in [0.29, 0.717) is 25.9 Å². The second-order valence-electron chi connectivity index (χ2n) is 25.6. The Morgan fingerprint density at radius 1 is 0.304 bits per heavy atom. The molecule has 472 valence electrons. The number of amides is 1. The van der Waals surface area contributed by atoms with Crippen molar-refractivity contribution >= 4 is 11.9 Å². The second kappa shape index (κ2) is 69.4. The van der Waals surface area contributed by atoms with Crippen molar-refractivity contribution in [2.75, 3.05) is 13.2 Å². The van der Waals surface area contributed by atoms with Crippen molar-refractivity contribution in [3.05, 3.63) is 0 Å². The molecule has 0 rings (SSSR count). The molecular formula is C73H145NO5. The van der Waals surface area contributed by atoms with Gasteiger partial charge in [0.05, 0.1) is 25.4 Å². The van der Waals surface area contributed by atoms with Gasteiger partial charge >= 0.3 is 5.97 Å². The molecule has 6 heteroatoms. The number of ether oxygens (including phenoxy) is 1. The first-order valence-corrected chi connectivity index (χ1v) is 36.8. The van der Waals surface area contributed by atoms with Gasteiger partial charge in [0.15, 0.2) is 0 Å². The standard InChI is InChI=1S/C73H145NO5/c1-3-5-7-9-11-13-15-17-19-21-34-37-41-45-49-53-57-61-65-71(76)70(69-75)74-72(77)66-62-58-54-50-46-42-38-35-32-30-28-26-24-22-23-25-27-29-31-33-36-40-44-48-52-56-60-64-68-79-73(78)67-63-59-55-51-47-43-39-20-18-16-14-12-10-8-6-4-2/h70-71,75-76H,3-69H2,1-2H3,(H,74,77). The number of rotatable bonds is 70. The fourth-order valence-corrected chi connectivity index (χ4v) is 12.1. The van der Waals surface area contributed by atoms with Crippen LogP contribution in [0.15, 0.2) is 0 Å². The SMILES string of the molecule is CCCCCCCCCCCCCCCCCCCCC(O)C(CO)NC(=O)CCCCCCCCCCCCCCCCCCCCCCCCCCCCCCOC(=O)CCCCCCCCCCCCCCCCCC. The average molecular weight is 1120 g/mol. The van der Waals surface area contributed by atoms with Crippen LogP contribution in [0.4, 0.5) is 0 Å². The third-order valence-corrected chi connectivity index (χ3v) is 17.7. The zero-order valence-electron chi connectivity index (χ0n) is 54.2. The molecule has 2 atom stereocenters. The summed E-state index contributed by atoms with van der Waals surface area (Å²) < 4.78 is 5.51. The van der Waals surface area contributed by atoms with Crippen molar-refractivity contribution in [2.24, 2.45) is 0 Å². The Kier molecular flexibility index (Phi) is 68.4. The van der Waals surface area contributed by atoms with Gasteiger partial charge in [0, 0.05) is 12.8 Å². The summed E-state index contributed by atoms with van der Waals surface area (Å²) in [6.07, 6.45) is 84.5. The van der Waals surface area contributed by atoms with E-state index in [-0.39, 0.29) is 18.5 Å². The van der Waals surface area contributed by atoms with Gasteiger partial charge in [-0.05, 0) is 25.7 Å². The fraction of sp³-hybridized carbons (Fsp3) is 0.973. The van der Waals surface area contributed by atoms with E-state index >= 15 is 0 Å². The lowest BCUT2D eigenvalue weighted by atomic mass is 10.0. The predicted molar refractivity (Wildman–Crippen MR) is 347 cm³/mol. The van der Waals surface area contributed by atoms with E-state index in [1.807, 2.05) is 0 Å². The first-order valence-electron chi connectivity index (χ1n) is 36.8. The monoisotopic (exact) mass is 1120 g/mol. The molecule has 0 fully saturated rings. The van der Waals surface area contributed by atoms with Crippen molar-refractivity contribution in [2.45, 2.75) is 443 Å². The number of aliphatic hydroxyl groups excluding tert-OH is 2. The number of unbranched alkanes of at least 4 members (excludes halogenated alkanes) is 59. The molecule has 0 radical (unpaired) electrons. The summed E-state index contributed by atoms with van der Waals surface area (Å²) in [5, 5.41) is 23.4. The van der Waals surface area contributed by atoms with Crippen LogP contribution in [-0.2, 0) is 14.3 Å². The Morgan fingerprint density at radius 3 is 0.772 bits per heavy atom. The number of hydrogen-bond donors (Lipinski definition) is 3. The zero-order valence-corrected chi connectivity index (χ0v) is 54.2. The largest absolute Gasteiger partial charge is 0.466 e. The lowest BCUT2D eigenvalue weighted by Gasteiger charge is -2.22. The summed E-state index contributed by atoms with van der Waals surface area (Å²) in [5.74, 6) is -0.00312. The smallest absolute Gasteiger partial charge is 0.305 e. The molecule has 0 saturated carbocycles. The van der Waals surface area contributed by atoms with Crippen LogP contribution >= 0.6 is 0 Å². The van der Waals surface area contributed by atoms with E-state index in [4.69, 9.17) is 4.74 Å². The summed E-state index contributed by atoms with van der Waals surface area (Å²) in [5.41, 5.74) is 0. The minimum Gasteiger partial charge on any atom is -0.466 e. The minimum absolute atomic E-state index is 0.0237. The quantitative estimate of drug-likeness (QED) is 0.0417. The molecule has 3 N–H and O–H groups in total. The van der Waals surface area contributed by atoms with Crippen LogP contribution < -0.4 is 5.32 Å². The van der Waals surface area contributed by atoms with E-state index < -0.39 is 12.1 Å². The Morgan fingerprint density at radius 2 is 0.519 bits per heavy atom. The Bertz CT molecular complexity index is 1150. The molecule has 0 aliphatic heterocycles. The highest BCUT2D eigenvalue weighted by molar-refractivity contribution is 5.76. The number of carbonyl (C=O) groups is 2. The van der Waals surface area contributed by atoms with Gasteiger partial charge < -0.3 is 20.3 Å². The van der Waals surface area contributed by atoms with E-state index in [1.54, 1.807) is 0 Å². The van der Waals surface area contributed by atoms with Crippen molar-refractivity contribution in [1.82, 2.24) is 5.32 Å². The normalized spacial score (nSPS) is 12.4. The Labute approximate surface area is 496 Å². The van der Waals surface area contributed by atoms with Crippen molar-refractivity contribution in [3.8, 4) is 0 Å². The van der Waals surface area contributed by atoms with Crippen LogP contribution in [0, 0.1) is 0 Å². The molecule has 0 aliphatic rings. The molecule has 0 aromatic carbocycles. The molecule has 0 aromatic heterocycles. The number of carbonyl (C=O) groups excluding carboxylic acids is 2. The van der Waals surface area contributed by atoms with Gasteiger partial charge in [-0.25, -0.2) is 0 Å². The first kappa shape index (κ1) is 77.9. The van der Waals surface area contributed by atoms with Crippen LogP contribution in [0.2, 0.25) is 0 Å². The van der Waals surface area contributed by atoms with Gasteiger partial charge in [0.25, 0.3) is 0 Å². The lowest BCUT2D eigenvalue weighted by Crippen LogP contribution is -2.45. The Balaban J connectivity index is 3.32. The summed E-state index contributed by atoms with van der Waals surface area (Å²) in [7, 11) is 0. The van der Waals surface area contributed by atoms with Gasteiger partial charge in [-0.1, -0.05) is 393 Å². The first-order chi connectivity index (χ1) is 39.0. The molecule has 0 heterocycles. The van der Waals surface area contributed by atoms with E-state index in [9.17, 15) is 19.8 Å². The average Bonchev–Trinajstić information content (AvgIpc) is 3.45. The molecule has 0 bridgehead atoms. The highest BCUT2D eigenvalue weighted by Crippen LogP contribution is 2.20. The van der Waals surface area contributed by atoms with Gasteiger partial charge in [-0.3, -0.25) is 9.59 Å². The zero-order chi connectivity index (χ0) is 57.1. The van der Waals surface area contributed by atoms with Crippen molar-refractivity contribution in [3.63, 3.8) is 0 Å². The molecule has 0 aromatic rings. The number of hydrogen-bond acceptors (Lipinski definition) is 5. The summed E-state index contributed by atoms with van der Waals surface area (Å²) in [6, 6.07) is -0.538. The number of esters is 1. The van der Waals surface area contributed by atoms with Gasteiger partial charge in [-0.15, -0.1) is 0 Å². The van der Waals surface area contributed by atoms with Gasteiger partial charge in [-0.2, -0.15) is 0 Å². The highest BCUT2D eigenvalue weighted by atomic mass is 16.5. The van der Waals surface area contributed by atoms with Crippen LogP contribution in [-0.4, -0.2) is 47.4 Å². The topological polar surface area (TPSA) is 95.9 Å². The predicted octanol–water partition coefficient (Wildman–Crippen LogP) is 23.8. The maximum absolute atomic E-state index is 12.5. The van der Waals surface area contributed by atoms with Crippen LogP contribution in [0.5, 0.6) is 0 Å². The third kappa shape index (κ3) is 65.9. The van der Waals surface area contributed by atoms with Gasteiger partial charge in [0.2, 0.25) is 5.91 Å². The maximum Gasteiger partial charge on any atom is 0.305 e. The van der Waals surface area contributed by atoms with Crippen molar-refractivity contribution < 1.29 is 24.5 Å².